The van der Waals surface area contributed by atoms with Gasteiger partial charge in [0.15, 0.2) is 18.1 Å². The first-order valence-electron chi connectivity index (χ1n) is 9.57. The average Bonchev–Trinajstić information content (AvgIpc) is 3.01. The van der Waals surface area contributed by atoms with Gasteiger partial charge in [0.2, 0.25) is 7.23 Å². The van der Waals surface area contributed by atoms with Crippen LogP contribution in [0.1, 0.15) is 19.1 Å². The molecule has 0 radical (unpaired) electrons. The molecule has 16 nitrogen and oxygen atoms in total. The van der Waals surface area contributed by atoms with Crippen LogP contribution in [0, 0.1) is 11.8 Å². The Morgan fingerprint density at radius 3 is 1.97 bits per heavy atom. The normalized spacial score (nSPS) is 22.2. The van der Waals surface area contributed by atoms with Crippen LogP contribution in [-0.4, -0.2) is 78.8 Å². The molecule has 5 N–H and O–H groups in total. The lowest BCUT2D eigenvalue weighted by atomic mass is 9.78. The standard InChI is InChI=1S/C17H21N2O14PS/c1-31-9-10(33-34(30)35)17(4-6(12(21)22)13(23)24,5-7(14(25)26)15(27)28)32-11(9)19-3-2-8(20)18-16(19)29/h2-3,6-7,9-11,34H,4-5H2,1H3,(H,21,22)(H,23,24)(H,25,26)(H,27,28)(H,30,35)(H,18,20,29)/t9?,10?,11-/m1/s1. The van der Waals surface area contributed by atoms with Crippen LogP contribution in [-0.2, 0) is 37.7 Å². The van der Waals surface area contributed by atoms with Crippen molar-refractivity contribution in [3.8, 4) is 0 Å². The van der Waals surface area contributed by atoms with Crippen molar-refractivity contribution in [3.63, 3.8) is 0 Å². The van der Waals surface area contributed by atoms with Crippen LogP contribution in [0.2, 0.25) is 0 Å². The molecule has 1 aromatic rings. The minimum Gasteiger partial charge on any atom is -0.481 e. The van der Waals surface area contributed by atoms with Crippen LogP contribution in [0.3, 0.4) is 0 Å². The number of carboxylic acid groups (broad SMARTS) is 4. The van der Waals surface area contributed by atoms with E-state index in [2.05, 4.69) is 12.2 Å². The van der Waals surface area contributed by atoms with E-state index >= 15 is 0 Å². The molecule has 0 spiro atoms. The summed E-state index contributed by atoms with van der Waals surface area (Å²) in [7, 11) is -2.18. The second-order valence-electron chi connectivity index (χ2n) is 7.46. The molecule has 1 aromatic heterocycles. The maximum atomic E-state index is 12.4. The molecule has 0 aromatic carbocycles. The quantitative estimate of drug-likeness (QED) is 0.104. The number of ether oxygens (including phenoxy) is 2. The molecule has 0 bridgehead atoms. The van der Waals surface area contributed by atoms with Crippen LogP contribution in [0.25, 0.3) is 0 Å². The molecule has 35 heavy (non-hydrogen) atoms. The SMILES string of the molecule is COC1C(O[PH](=O)S)C(CC(C(=O)O)C(=O)O)(CC(C(=O)O)C(=O)O)O[C@H]1n1ccc(=O)[nH]c1=O. The molecule has 1 saturated heterocycles. The number of H-pyrrole nitrogens is 1. The van der Waals surface area contributed by atoms with Crippen molar-refractivity contribution in [2.24, 2.45) is 11.8 Å². The zero-order valence-electron chi connectivity index (χ0n) is 17.7. The van der Waals surface area contributed by atoms with Crippen LogP contribution in [0.5, 0.6) is 0 Å². The average molecular weight is 540 g/mol. The van der Waals surface area contributed by atoms with Gasteiger partial charge in [-0.1, -0.05) is 12.2 Å². The molecule has 1 aliphatic rings. The molecule has 2 rings (SSSR count). The Bertz CT molecular complexity index is 1090. The van der Waals surface area contributed by atoms with E-state index in [1.54, 1.807) is 0 Å². The summed E-state index contributed by atoms with van der Waals surface area (Å²) in [4.78, 5) is 72.3. The number of aromatic nitrogens is 2. The third kappa shape index (κ3) is 6.18. The number of hydrogen-bond donors (Lipinski definition) is 6. The third-order valence-electron chi connectivity index (χ3n) is 5.37. The summed E-state index contributed by atoms with van der Waals surface area (Å²) in [5.74, 6) is -12.0. The summed E-state index contributed by atoms with van der Waals surface area (Å²) in [5, 5.41) is 37.7. The highest BCUT2D eigenvalue weighted by Crippen LogP contribution is 2.50. The smallest absolute Gasteiger partial charge is 0.330 e. The summed E-state index contributed by atoms with van der Waals surface area (Å²) < 4.78 is 29.1. The lowest BCUT2D eigenvalue weighted by Gasteiger charge is -2.36. The van der Waals surface area contributed by atoms with Crippen molar-refractivity contribution in [2.45, 2.75) is 36.9 Å². The Morgan fingerprint density at radius 1 is 1.11 bits per heavy atom. The number of carboxylic acids is 4. The topological polar surface area (TPSA) is 249 Å². The van der Waals surface area contributed by atoms with Crippen molar-refractivity contribution in [1.82, 2.24) is 9.55 Å². The maximum absolute atomic E-state index is 12.4. The van der Waals surface area contributed by atoms with E-state index in [1.165, 1.54) is 0 Å². The number of aromatic amines is 1. The minimum absolute atomic E-state index is 0.747. The van der Waals surface area contributed by atoms with Crippen LogP contribution in [0.4, 0.5) is 0 Å². The molecule has 0 saturated carbocycles. The first-order valence-corrected chi connectivity index (χ1v) is 12.2. The van der Waals surface area contributed by atoms with E-state index in [0.29, 0.717) is 0 Å². The predicted molar refractivity (Wildman–Crippen MR) is 115 cm³/mol. The highest BCUT2D eigenvalue weighted by atomic mass is 32.7. The number of nitrogens with zero attached hydrogens (tertiary/aromatic N) is 1. The van der Waals surface area contributed by atoms with Gasteiger partial charge < -0.3 is 34.4 Å². The van der Waals surface area contributed by atoms with Gasteiger partial charge >= 0.3 is 29.6 Å². The first-order chi connectivity index (χ1) is 16.2. The fourth-order valence-electron chi connectivity index (χ4n) is 3.85. The highest BCUT2D eigenvalue weighted by Gasteiger charge is 2.61. The Balaban J connectivity index is 2.79. The summed E-state index contributed by atoms with van der Waals surface area (Å²) in [6, 6.07) is 0.906. The van der Waals surface area contributed by atoms with Crippen LogP contribution < -0.4 is 11.2 Å². The first kappa shape index (κ1) is 28.3. The summed E-state index contributed by atoms with van der Waals surface area (Å²) in [5.41, 5.74) is -4.25. The second-order valence-corrected chi connectivity index (χ2v) is 9.32. The molecule has 1 fully saturated rings. The van der Waals surface area contributed by atoms with Gasteiger partial charge in [-0.15, -0.1) is 0 Å². The van der Waals surface area contributed by atoms with Crippen molar-refractivity contribution in [3.05, 3.63) is 33.1 Å². The lowest BCUT2D eigenvalue weighted by Crippen LogP contribution is -2.50. The number of hydrogen-bond acceptors (Lipinski definition) is 10. The fraction of sp³-hybridized carbons (Fsp3) is 0.529. The van der Waals surface area contributed by atoms with E-state index in [4.69, 9.17) is 14.0 Å². The number of nitrogens with one attached hydrogen (secondary N) is 1. The number of rotatable bonds is 12. The summed E-state index contributed by atoms with van der Waals surface area (Å²) in [6.45, 7) is 0. The monoisotopic (exact) mass is 540 g/mol. The van der Waals surface area contributed by atoms with Gasteiger partial charge in [0.25, 0.3) is 5.56 Å². The molecular formula is C17H21N2O14PS. The Morgan fingerprint density at radius 2 is 1.60 bits per heavy atom. The molecular weight excluding hydrogens is 519 g/mol. The largest absolute Gasteiger partial charge is 0.481 e. The predicted octanol–water partition coefficient (Wildman–Crippen LogP) is -1.13. The van der Waals surface area contributed by atoms with Crippen LogP contribution in [0.15, 0.2) is 21.9 Å². The molecule has 0 amide bonds. The van der Waals surface area contributed by atoms with Crippen molar-refractivity contribution in [1.29, 1.82) is 0 Å². The lowest BCUT2D eigenvalue weighted by molar-refractivity contribution is -0.170. The molecule has 4 atom stereocenters. The van der Waals surface area contributed by atoms with E-state index in [-0.39, 0.29) is 0 Å². The Hall–Kier alpha value is -2.98. The van der Waals surface area contributed by atoms with Crippen molar-refractivity contribution < 1.29 is 58.2 Å². The zero-order valence-corrected chi connectivity index (χ0v) is 19.6. The molecule has 194 valence electrons. The summed E-state index contributed by atoms with van der Waals surface area (Å²) >= 11 is 3.66. The van der Waals surface area contributed by atoms with Gasteiger partial charge in [0.1, 0.15) is 17.8 Å². The van der Waals surface area contributed by atoms with Crippen molar-refractivity contribution >= 4 is 43.4 Å². The number of carbonyl (C=O) groups is 4. The Kier molecular flexibility index (Phi) is 9.02. The minimum atomic E-state index is -3.25. The molecule has 1 aliphatic heterocycles. The third-order valence-corrected chi connectivity index (χ3v) is 6.14. The number of thiol groups is 1. The summed E-state index contributed by atoms with van der Waals surface area (Å²) in [6.07, 6.45) is -6.08. The molecule has 2 heterocycles. The number of aliphatic carboxylic acids is 4. The number of methoxy groups -OCH3 is 1. The van der Waals surface area contributed by atoms with E-state index in [0.717, 1.165) is 23.9 Å². The Labute approximate surface area is 200 Å². The van der Waals surface area contributed by atoms with Crippen LogP contribution >= 0.6 is 19.5 Å². The molecule has 0 aliphatic carbocycles. The van der Waals surface area contributed by atoms with Gasteiger partial charge in [-0.05, 0) is 0 Å². The van der Waals surface area contributed by atoms with Gasteiger partial charge in [-0.3, -0.25) is 38.1 Å². The maximum Gasteiger partial charge on any atom is 0.330 e. The van der Waals surface area contributed by atoms with E-state index in [1.807, 2.05) is 4.98 Å². The van der Waals surface area contributed by atoms with Gasteiger partial charge in [-0.25, -0.2) is 4.79 Å². The van der Waals surface area contributed by atoms with E-state index < -0.39 is 91.1 Å². The second kappa shape index (κ2) is 11.2. The highest BCUT2D eigenvalue weighted by molar-refractivity contribution is 8.39. The molecule has 18 heteroatoms. The van der Waals surface area contributed by atoms with E-state index in [9.17, 15) is 53.8 Å². The van der Waals surface area contributed by atoms with Crippen molar-refractivity contribution in [2.75, 3.05) is 7.11 Å². The fourth-order valence-corrected chi connectivity index (χ4v) is 4.76. The van der Waals surface area contributed by atoms with Gasteiger partial charge in [0, 0.05) is 32.2 Å². The molecule has 3 unspecified atom stereocenters. The van der Waals surface area contributed by atoms with Gasteiger partial charge in [-0.2, -0.15) is 0 Å². The zero-order chi connectivity index (χ0) is 26.7. The van der Waals surface area contributed by atoms with Gasteiger partial charge in [0.05, 0.1) is 0 Å².